The van der Waals surface area contributed by atoms with Gasteiger partial charge in [-0.2, -0.15) is 0 Å². The van der Waals surface area contributed by atoms with Crippen LogP contribution in [0.3, 0.4) is 0 Å². The first-order valence-corrected chi connectivity index (χ1v) is 20.0. The van der Waals surface area contributed by atoms with Gasteiger partial charge in [0.1, 0.15) is 0 Å². The van der Waals surface area contributed by atoms with Crippen molar-refractivity contribution < 1.29 is 0 Å². The molecule has 5 nitrogen and oxygen atoms in total. The minimum absolute atomic E-state index is 0.634. The van der Waals surface area contributed by atoms with E-state index < -0.39 is 0 Å². The molecule has 0 spiro atoms. The molecule has 7 heteroatoms. The summed E-state index contributed by atoms with van der Waals surface area (Å²) >= 11 is 3.46. The largest absolute Gasteiger partial charge is 0.235 e. The molecule has 264 valence electrons. The zero-order valence-corrected chi connectivity index (χ0v) is 31.6. The van der Waals surface area contributed by atoms with Crippen LogP contribution in [0.2, 0.25) is 0 Å². The molecule has 0 aliphatic carbocycles. The van der Waals surface area contributed by atoms with E-state index in [2.05, 4.69) is 109 Å². The van der Waals surface area contributed by atoms with Gasteiger partial charge < -0.3 is 0 Å². The summed E-state index contributed by atoms with van der Waals surface area (Å²) in [6, 6.07) is 62.6. The third kappa shape index (κ3) is 6.64. The van der Waals surface area contributed by atoms with E-state index in [1.807, 2.05) is 79.0 Å². The Morgan fingerprint density at radius 3 is 1.62 bits per heavy atom. The molecule has 10 rings (SSSR count). The molecule has 0 radical (unpaired) electrons. The van der Waals surface area contributed by atoms with E-state index in [9.17, 15) is 0 Å². The van der Waals surface area contributed by atoms with Crippen LogP contribution in [0.15, 0.2) is 198 Å². The van der Waals surface area contributed by atoms with Gasteiger partial charge in [-0.15, -0.1) is 11.3 Å². The second-order valence-corrected chi connectivity index (χ2v) is 15.5. The van der Waals surface area contributed by atoms with Crippen molar-refractivity contribution in [3.63, 3.8) is 0 Å². The van der Waals surface area contributed by atoms with Crippen molar-refractivity contribution in [3.05, 3.63) is 188 Å². The minimum atomic E-state index is 0.634. The topological polar surface area (TPSA) is 64.5 Å². The fraction of sp³-hybridized carbons (Fsp3) is 0. The van der Waals surface area contributed by atoms with Crippen molar-refractivity contribution in [1.29, 1.82) is 0 Å². The van der Waals surface area contributed by atoms with E-state index in [1.54, 1.807) is 23.1 Å². The van der Waals surface area contributed by atoms with E-state index in [0.29, 0.717) is 23.3 Å². The standard InChI is InChI=1S/C49H31N5S2/c1-5-15-32(16-6-1)35-21-13-22-36(29-35)46-50-31-43(55-38-23-11-4-12-24-38)44(51-46)40-26-14-25-39-41-30-37(27-28-42(41)56-45(39)40)49-53-47(33-17-7-2-8-18-33)52-48(54-49)34-19-9-3-10-20-34/h1-31H. The van der Waals surface area contributed by atoms with Crippen LogP contribution in [0.4, 0.5) is 0 Å². The van der Waals surface area contributed by atoms with Crippen molar-refractivity contribution >= 4 is 43.3 Å². The molecule has 7 aromatic carbocycles. The van der Waals surface area contributed by atoms with Gasteiger partial charge in [-0.3, -0.25) is 0 Å². The van der Waals surface area contributed by atoms with Crippen LogP contribution in [0, 0.1) is 0 Å². The average Bonchev–Trinajstić information content (AvgIpc) is 3.66. The minimum Gasteiger partial charge on any atom is -0.235 e. The van der Waals surface area contributed by atoms with Crippen LogP contribution in [0.5, 0.6) is 0 Å². The molecule has 0 saturated carbocycles. The second kappa shape index (κ2) is 14.8. The molecule has 0 aliphatic heterocycles. The van der Waals surface area contributed by atoms with Crippen LogP contribution in [0.1, 0.15) is 0 Å². The lowest BCUT2D eigenvalue weighted by Gasteiger charge is -2.12. The predicted octanol–water partition coefficient (Wildman–Crippen LogP) is 13.2. The van der Waals surface area contributed by atoms with E-state index >= 15 is 0 Å². The number of benzene rings is 7. The number of hydrogen-bond acceptors (Lipinski definition) is 7. The van der Waals surface area contributed by atoms with Crippen LogP contribution < -0.4 is 0 Å². The Morgan fingerprint density at radius 1 is 0.393 bits per heavy atom. The Hall–Kier alpha value is -6.80. The maximum atomic E-state index is 5.35. The number of fused-ring (bicyclic) bond motifs is 3. The second-order valence-electron chi connectivity index (χ2n) is 13.3. The van der Waals surface area contributed by atoms with Gasteiger partial charge in [0.25, 0.3) is 0 Å². The molecule has 0 amide bonds. The highest BCUT2D eigenvalue weighted by atomic mass is 32.2. The Bertz CT molecular complexity index is 2930. The molecule has 3 aromatic heterocycles. The smallest absolute Gasteiger partial charge is 0.164 e. The summed E-state index contributed by atoms with van der Waals surface area (Å²) in [7, 11) is 0. The van der Waals surface area contributed by atoms with Crippen LogP contribution in [0.25, 0.3) is 88.1 Å². The number of rotatable bonds is 8. The summed E-state index contributed by atoms with van der Waals surface area (Å²) in [6.07, 6.45) is 1.98. The van der Waals surface area contributed by atoms with Crippen LogP contribution >= 0.6 is 23.1 Å². The normalized spacial score (nSPS) is 11.3. The number of aromatic nitrogens is 5. The molecule has 0 N–H and O–H groups in total. The van der Waals surface area contributed by atoms with Crippen molar-refractivity contribution in [2.45, 2.75) is 9.79 Å². The fourth-order valence-corrected chi connectivity index (χ4v) is 9.03. The molecule has 56 heavy (non-hydrogen) atoms. The van der Waals surface area contributed by atoms with Gasteiger partial charge >= 0.3 is 0 Å². The monoisotopic (exact) mass is 753 g/mol. The highest BCUT2D eigenvalue weighted by molar-refractivity contribution is 7.99. The molecule has 3 heterocycles. The molecule has 0 fully saturated rings. The Morgan fingerprint density at radius 2 is 0.946 bits per heavy atom. The van der Waals surface area contributed by atoms with Crippen molar-refractivity contribution in [3.8, 4) is 67.9 Å². The summed E-state index contributed by atoms with van der Waals surface area (Å²) in [5, 5.41) is 2.31. The van der Waals surface area contributed by atoms with Gasteiger partial charge in [0.2, 0.25) is 0 Å². The van der Waals surface area contributed by atoms with Gasteiger partial charge in [-0.25, -0.2) is 24.9 Å². The van der Waals surface area contributed by atoms with Gasteiger partial charge in [-0.1, -0.05) is 157 Å². The highest BCUT2D eigenvalue weighted by Crippen LogP contribution is 2.44. The third-order valence-electron chi connectivity index (χ3n) is 9.66. The molecular formula is C49H31N5S2. The summed E-state index contributed by atoms with van der Waals surface area (Å²) < 4.78 is 2.35. The first-order valence-electron chi connectivity index (χ1n) is 18.3. The summed E-state index contributed by atoms with van der Waals surface area (Å²) in [6.45, 7) is 0. The zero-order chi connectivity index (χ0) is 37.3. The van der Waals surface area contributed by atoms with Gasteiger partial charge in [0.15, 0.2) is 23.3 Å². The quantitative estimate of drug-likeness (QED) is 0.154. The molecule has 0 atom stereocenters. The Labute approximate surface area is 332 Å². The van der Waals surface area contributed by atoms with Crippen molar-refractivity contribution in [2.75, 3.05) is 0 Å². The summed E-state index contributed by atoms with van der Waals surface area (Å²) in [4.78, 5) is 27.4. The summed E-state index contributed by atoms with van der Waals surface area (Å²) in [5.41, 5.74) is 8.06. The molecule has 0 saturated heterocycles. The molecular weight excluding hydrogens is 723 g/mol. The maximum absolute atomic E-state index is 5.35. The maximum Gasteiger partial charge on any atom is 0.164 e. The Kier molecular flexibility index (Phi) is 8.91. The molecule has 10 aromatic rings. The number of thiophene rings is 1. The number of hydrogen-bond donors (Lipinski definition) is 0. The van der Waals surface area contributed by atoms with Gasteiger partial charge in [-0.05, 0) is 47.5 Å². The van der Waals surface area contributed by atoms with Crippen LogP contribution in [-0.2, 0) is 0 Å². The van der Waals surface area contributed by atoms with E-state index in [0.717, 1.165) is 65.2 Å². The first kappa shape index (κ1) is 33.7. The molecule has 0 aliphatic rings. The lowest BCUT2D eigenvalue weighted by atomic mass is 10.0. The lowest BCUT2D eigenvalue weighted by molar-refractivity contribution is 1.07. The van der Waals surface area contributed by atoms with E-state index in [1.165, 1.54) is 9.40 Å². The molecule has 0 bridgehead atoms. The van der Waals surface area contributed by atoms with Crippen molar-refractivity contribution in [2.24, 2.45) is 0 Å². The number of nitrogens with zero attached hydrogens (tertiary/aromatic N) is 5. The Balaban J connectivity index is 1.11. The van der Waals surface area contributed by atoms with Crippen LogP contribution in [-0.4, -0.2) is 24.9 Å². The highest BCUT2D eigenvalue weighted by Gasteiger charge is 2.19. The van der Waals surface area contributed by atoms with Crippen molar-refractivity contribution in [1.82, 2.24) is 24.9 Å². The molecule has 0 unspecified atom stereocenters. The van der Waals surface area contributed by atoms with Gasteiger partial charge in [0, 0.05) is 59.1 Å². The summed E-state index contributed by atoms with van der Waals surface area (Å²) in [5.74, 6) is 2.61. The zero-order valence-electron chi connectivity index (χ0n) is 30.0. The lowest BCUT2D eigenvalue weighted by Crippen LogP contribution is -2.00. The van der Waals surface area contributed by atoms with E-state index in [4.69, 9.17) is 24.9 Å². The fourth-order valence-electron chi connectivity index (χ4n) is 6.92. The average molecular weight is 754 g/mol. The SMILES string of the molecule is c1ccc(Sc2cnc(-c3cccc(-c4ccccc4)c3)nc2-c2cccc3c2sc2ccc(-c4nc(-c5ccccc5)nc(-c5ccccc5)n4)cc23)cc1. The van der Waals surface area contributed by atoms with E-state index in [-0.39, 0.29) is 0 Å². The predicted molar refractivity (Wildman–Crippen MR) is 231 cm³/mol. The first-order chi connectivity index (χ1) is 27.7. The van der Waals surface area contributed by atoms with Gasteiger partial charge in [0.05, 0.1) is 10.6 Å². The third-order valence-corrected chi connectivity index (χ3v) is 11.9.